The summed E-state index contributed by atoms with van der Waals surface area (Å²) in [4.78, 5) is 39.3. The topological polar surface area (TPSA) is 91.6 Å². The van der Waals surface area contributed by atoms with Crippen LogP contribution in [0.25, 0.3) is 11.2 Å². The van der Waals surface area contributed by atoms with Gasteiger partial charge in [0.25, 0.3) is 0 Å². The molecule has 2 aliphatic heterocycles. The van der Waals surface area contributed by atoms with Gasteiger partial charge in [0.2, 0.25) is 11.8 Å². The third-order valence-corrected chi connectivity index (χ3v) is 8.25. The van der Waals surface area contributed by atoms with E-state index in [1.165, 1.54) is 0 Å². The maximum atomic E-state index is 13.9. The molecule has 3 aromatic rings. The molecule has 10 heteroatoms. The number of hydrogen-bond donors (Lipinski definition) is 1. The van der Waals surface area contributed by atoms with Crippen LogP contribution in [-0.2, 0) is 28.1 Å². The molecule has 1 saturated carbocycles. The van der Waals surface area contributed by atoms with Crippen molar-refractivity contribution in [2.45, 2.75) is 56.7 Å². The molecule has 1 spiro atoms. The minimum Gasteiger partial charge on any atom is -0.393 e. The van der Waals surface area contributed by atoms with Gasteiger partial charge in [-0.2, -0.15) is 0 Å². The number of unbranched alkanes of at least 4 members (excludes halogenated alkanes) is 1. The fraction of sp³-hybridized carbons (Fsp3) is 0.481. The molecule has 1 N–H and O–H groups in total. The lowest BCUT2D eigenvalue weighted by Gasteiger charge is -2.47. The summed E-state index contributed by atoms with van der Waals surface area (Å²) in [7, 11) is 0. The first kappa shape index (κ1) is 24.3. The number of carbonyl (C=O) groups excluding carboxylic acids is 2. The summed E-state index contributed by atoms with van der Waals surface area (Å²) in [6.45, 7) is 1.14. The first-order chi connectivity index (χ1) is 17.9. The summed E-state index contributed by atoms with van der Waals surface area (Å²) >= 11 is 6.10. The van der Waals surface area contributed by atoms with E-state index in [2.05, 4.69) is 4.98 Å². The van der Waals surface area contributed by atoms with Crippen molar-refractivity contribution in [1.82, 2.24) is 19.4 Å². The Morgan fingerprint density at radius 1 is 1.14 bits per heavy atom. The molecule has 194 valence electrons. The van der Waals surface area contributed by atoms with Crippen LogP contribution in [-0.4, -0.2) is 62.2 Å². The molecule has 1 aromatic carbocycles. The number of likely N-dealkylation sites (tertiary alicyclic amines) is 1. The van der Waals surface area contributed by atoms with Crippen LogP contribution in [0.2, 0.25) is 5.15 Å². The molecular weight excluding hydrogens is 497 g/mol. The molecule has 0 bridgehead atoms. The number of rotatable bonds is 8. The predicted octanol–water partition coefficient (Wildman–Crippen LogP) is 3.62. The summed E-state index contributed by atoms with van der Waals surface area (Å²) in [5, 5.41) is 9.87. The Bertz CT molecular complexity index is 1370. The van der Waals surface area contributed by atoms with Gasteiger partial charge < -0.3 is 19.5 Å². The molecule has 4 heterocycles. The van der Waals surface area contributed by atoms with Crippen LogP contribution in [0.4, 0.5) is 10.1 Å². The molecule has 1 saturated heterocycles. The summed E-state index contributed by atoms with van der Waals surface area (Å²) in [6, 6.07) is 11.3. The van der Waals surface area contributed by atoms with Crippen molar-refractivity contribution in [3.63, 3.8) is 0 Å². The molecule has 8 nitrogen and oxygen atoms in total. The maximum Gasteiger partial charge on any atom is 0.241 e. The number of alkyl halides is 1. The van der Waals surface area contributed by atoms with Gasteiger partial charge in [0.05, 0.1) is 24.8 Å². The Balaban J connectivity index is 1.26. The van der Waals surface area contributed by atoms with E-state index in [0.29, 0.717) is 68.4 Å². The number of benzene rings is 1. The van der Waals surface area contributed by atoms with Crippen LogP contribution >= 0.6 is 11.6 Å². The van der Waals surface area contributed by atoms with Gasteiger partial charge in [-0.25, -0.2) is 9.97 Å². The van der Waals surface area contributed by atoms with Crippen molar-refractivity contribution in [3.05, 3.63) is 52.9 Å². The first-order valence-corrected chi connectivity index (χ1v) is 13.2. The molecule has 1 aliphatic carbocycles. The summed E-state index contributed by atoms with van der Waals surface area (Å²) in [6.07, 6.45) is 2.56. The molecule has 2 amide bonds. The fourth-order valence-corrected chi connectivity index (χ4v) is 6.14. The van der Waals surface area contributed by atoms with Gasteiger partial charge in [0, 0.05) is 31.7 Å². The third kappa shape index (κ3) is 4.08. The number of nitrogens with zero attached hydrogens (tertiary/aromatic N) is 5. The number of aliphatic hydroxyl groups is 1. The average Bonchev–Trinajstić information content (AvgIpc) is 3.29. The first-order valence-electron chi connectivity index (χ1n) is 12.8. The number of aliphatic hydroxyl groups excluding tert-OH is 1. The molecule has 37 heavy (non-hydrogen) atoms. The van der Waals surface area contributed by atoms with E-state index in [4.69, 9.17) is 16.6 Å². The van der Waals surface area contributed by atoms with Gasteiger partial charge in [0.1, 0.15) is 16.4 Å². The van der Waals surface area contributed by atoms with Crippen molar-refractivity contribution in [1.29, 1.82) is 0 Å². The van der Waals surface area contributed by atoms with Gasteiger partial charge in [-0.1, -0.05) is 29.8 Å². The van der Waals surface area contributed by atoms with Crippen LogP contribution in [0, 0.1) is 5.92 Å². The number of amides is 2. The van der Waals surface area contributed by atoms with Gasteiger partial charge in [-0.15, -0.1) is 0 Å². The zero-order chi connectivity index (χ0) is 25.7. The second-order valence-corrected chi connectivity index (χ2v) is 10.9. The smallest absolute Gasteiger partial charge is 0.241 e. The molecule has 0 atom stereocenters. The normalized spacial score (nSPS) is 21.9. The Morgan fingerprint density at radius 3 is 2.68 bits per heavy atom. The summed E-state index contributed by atoms with van der Waals surface area (Å²) in [5.74, 6) is 0.906. The van der Waals surface area contributed by atoms with Crippen molar-refractivity contribution < 1.29 is 19.1 Å². The highest BCUT2D eigenvalue weighted by Gasteiger charge is 2.59. The highest BCUT2D eigenvalue weighted by molar-refractivity contribution is 6.29. The summed E-state index contributed by atoms with van der Waals surface area (Å²) in [5.41, 5.74) is 2.31. The number of aromatic nitrogens is 3. The molecule has 3 aliphatic rings. The molecular formula is C27H29ClFN5O3. The van der Waals surface area contributed by atoms with Gasteiger partial charge >= 0.3 is 0 Å². The second-order valence-electron chi connectivity index (χ2n) is 10.5. The second kappa shape index (κ2) is 9.36. The van der Waals surface area contributed by atoms with E-state index in [0.717, 1.165) is 16.8 Å². The zero-order valence-corrected chi connectivity index (χ0v) is 21.2. The van der Waals surface area contributed by atoms with Crippen molar-refractivity contribution >= 4 is 40.3 Å². The third-order valence-electron chi connectivity index (χ3n) is 8.04. The zero-order valence-electron chi connectivity index (χ0n) is 20.4. The molecule has 6 rings (SSSR count). The van der Waals surface area contributed by atoms with Crippen molar-refractivity contribution in [2.24, 2.45) is 5.92 Å². The molecule has 2 fully saturated rings. The Labute approximate surface area is 219 Å². The van der Waals surface area contributed by atoms with E-state index < -0.39 is 5.41 Å². The molecule has 2 aromatic heterocycles. The quantitative estimate of drug-likeness (QED) is 0.358. The highest BCUT2D eigenvalue weighted by atomic mass is 35.5. The Hall–Kier alpha value is -3.04. The number of para-hydroxylation sites is 1. The van der Waals surface area contributed by atoms with E-state index in [-0.39, 0.29) is 37.1 Å². The predicted molar refractivity (Wildman–Crippen MR) is 137 cm³/mol. The largest absolute Gasteiger partial charge is 0.393 e. The Kier molecular flexibility index (Phi) is 6.15. The van der Waals surface area contributed by atoms with Crippen LogP contribution < -0.4 is 4.90 Å². The lowest BCUT2D eigenvalue weighted by atomic mass is 9.73. The van der Waals surface area contributed by atoms with Crippen LogP contribution in [0.5, 0.6) is 0 Å². The minimum atomic E-state index is -0.752. The number of carbonyl (C=O) groups is 2. The van der Waals surface area contributed by atoms with E-state index in [1.807, 2.05) is 34.9 Å². The highest BCUT2D eigenvalue weighted by Crippen LogP contribution is 2.48. The number of halogens is 2. The number of fused-ring (bicyclic) bond motifs is 3. The standard InChI is InChI=1S/C27H29ClFN5O3/c28-22-8-7-21-25(30-22)31-23(33(21)10-4-3-9-29)14-34-20-6-2-1-5-19(20)27(26(34)37)15-32(16-27)24(36)13-17-11-18(35)12-17/h1-2,5-8,17-18,35H,3-4,9-16H2. The summed E-state index contributed by atoms with van der Waals surface area (Å²) < 4.78 is 14.8. The molecule has 0 radical (unpaired) electrons. The van der Waals surface area contributed by atoms with Crippen molar-refractivity contribution in [2.75, 3.05) is 24.7 Å². The number of aryl methyl sites for hydroxylation is 1. The maximum absolute atomic E-state index is 13.9. The van der Waals surface area contributed by atoms with E-state index in [1.54, 1.807) is 15.9 Å². The lowest BCUT2D eigenvalue weighted by molar-refractivity contribution is -0.146. The Morgan fingerprint density at radius 2 is 1.92 bits per heavy atom. The van der Waals surface area contributed by atoms with Gasteiger partial charge in [0.15, 0.2) is 5.65 Å². The number of hydrogen-bond acceptors (Lipinski definition) is 5. The minimum absolute atomic E-state index is 0.0369. The van der Waals surface area contributed by atoms with Crippen molar-refractivity contribution in [3.8, 4) is 0 Å². The van der Waals surface area contributed by atoms with Crippen LogP contribution in [0.15, 0.2) is 36.4 Å². The number of pyridine rings is 1. The monoisotopic (exact) mass is 525 g/mol. The van der Waals surface area contributed by atoms with Crippen LogP contribution in [0.1, 0.15) is 43.5 Å². The van der Waals surface area contributed by atoms with Crippen LogP contribution in [0.3, 0.4) is 0 Å². The van der Waals surface area contributed by atoms with E-state index in [9.17, 15) is 19.1 Å². The van der Waals surface area contributed by atoms with Gasteiger partial charge in [-0.3, -0.25) is 14.0 Å². The molecule has 0 unspecified atom stereocenters. The SMILES string of the molecule is O=C(CC1CC(O)C1)N1CC2(C1)C(=O)N(Cc1nc3nc(Cl)ccc3n1CCCCF)c1ccccc12. The number of anilines is 1. The van der Waals surface area contributed by atoms with E-state index >= 15 is 0 Å². The lowest BCUT2D eigenvalue weighted by Crippen LogP contribution is -2.65. The number of imidazole rings is 1. The average molecular weight is 526 g/mol. The fourth-order valence-electron chi connectivity index (χ4n) is 5.99. The van der Waals surface area contributed by atoms with Gasteiger partial charge in [-0.05, 0) is 55.4 Å².